The minimum Gasteiger partial charge on any atom is -0.390 e. The van der Waals surface area contributed by atoms with E-state index in [1.165, 1.54) is 25.2 Å². The SMILES string of the molecule is CC(NC(=O)c1cc(C(=O)NC(Cc2ccccc2)C(O)CN(C)C2CCCN(C)C2)cc(N(C)S(C)(=O)=O)c1)c1ccccc1. The number of likely N-dealkylation sites (N-methyl/N-ethyl adjacent to an activating group) is 2. The Labute approximate surface area is 273 Å². The van der Waals surface area contributed by atoms with Crippen LogP contribution < -0.4 is 14.9 Å². The molecule has 4 atom stereocenters. The van der Waals surface area contributed by atoms with Crippen LogP contribution in [0.3, 0.4) is 0 Å². The van der Waals surface area contributed by atoms with Gasteiger partial charge in [0.15, 0.2) is 0 Å². The zero-order valence-corrected chi connectivity index (χ0v) is 28.2. The molecule has 4 rings (SSSR count). The van der Waals surface area contributed by atoms with Crippen LogP contribution in [0.1, 0.15) is 57.7 Å². The summed E-state index contributed by atoms with van der Waals surface area (Å²) in [4.78, 5) is 31.8. The van der Waals surface area contributed by atoms with Crippen molar-refractivity contribution in [2.75, 3.05) is 51.3 Å². The zero-order valence-electron chi connectivity index (χ0n) is 27.4. The predicted octanol–water partition coefficient (Wildman–Crippen LogP) is 3.30. The number of aliphatic hydroxyl groups excluding tert-OH is 1. The second-order valence-electron chi connectivity index (χ2n) is 12.4. The fourth-order valence-corrected chi connectivity index (χ4v) is 6.31. The van der Waals surface area contributed by atoms with Crippen molar-refractivity contribution in [2.24, 2.45) is 0 Å². The minimum absolute atomic E-state index is 0.109. The Morgan fingerprint density at radius 3 is 2.13 bits per heavy atom. The van der Waals surface area contributed by atoms with Gasteiger partial charge in [0, 0.05) is 37.3 Å². The first-order chi connectivity index (χ1) is 21.8. The summed E-state index contributed by atoms with van der Waals surface area (Å²) in [5.74, 6) is -0.969. The van der Waals surface area contributed by atoms with Crippen LogP contribution in [0.2, 0.25) is 0 Å². The summed E-state index contributed by atoms with van der Waals surface area (Å²) in [6.45, 7) is 4.18. The van der Waals surface area contributed by atoms with Gasteiger partial charge in [-0.15, -0.1) is 0 Å². The number of carbonyl (C=O) groups is 2. The summed E-state index contributed by atoms with van der Waals surface area (Å²) in [5.41, 5.74) is 2.28. The molecule has 3 aromatic carbocycles. The molecule has 3 N–H and O–H groups in total. The van der Waals surface area contributed by atoms with Gasteiger partial charge in [-0.05, 0) is 76.2 Å². The number of nitrogens with zero attached hydrogens (tertiary/aromatic N) is 3. The van der Waals surface area contributed by atoms with Crippen molar-refractivity contribution in [3.05, 3.63) is 101 Å². The molecule has 248 valence electrons. The van der Waals surface area contributed by atoms with Crippen LogP contribution in [-0.4, -0.2) is 100 Å². The van der Waals surface area contributed by atoms with Crippen LogP contribution in [0.5, 0.6) is 0 Å². The van der Waals surface area contributed by atoms with E-state index in [1.807, 2.05) is 74.6 Å². The summed E-state index contributed by atoms with van der Waals surface area (Å²) < 4.78 is 26.0. The smallest absolute Gasteiger partial charge is 0.251 e. The molecule has 1 aliphatic rings. The quantitative estimate of drug-likeness (QED) is 0.260. The van der Waals surface area contributed by atoms with Gasteiger partial charge in [-0.3, -0.25) is 18.8 Å². The molecule has 1 aliphatic heterocycles. The first-order valence-corrected chi connectivity index (χ1v) is 17.5. The van der Waals surface area contributed by atoms with Gasteiger partial charge < -0.3 is 20.6 Å². The van der Waals surface area contributed by atoms with E-state index in [-0.39, 0.29) is 22.9 Å². The van der Waals surface area contributed by atoms with Crippen LogP contribution in [-0.2, 0) is 16.4 Å². The Morgan fingerprint density at radius 1 is 0.957 bits per heavy atom. The standard InChI is InChI=1S/C35H47N5O5S/c1-25(27-15-10-7-11-16-27)36-34(42)28-20-29(22-31(21-28)40(4)46(5,44)45)35(43)37-32(19-26-13-8-6-9-14-26)33(41)24-39(3)30-17-12-18-38(2)23-30/h6-11,13-16,20-22,25,30,32-33,41H,12,17-19,23-24H2,1-5H3,(H,36,42)(H,37,43). The lowest BCUT2D eigenvalue weighted by Crippen LogP contribution is -2.52. The summed E-state index contributed by atoms with van der Waals surface area (Å²) in [6, 6.07) is 22.8. The number of piperidine rings is 1. The first kappa shape index (κ1) is 35.1. The normalized spacial score (nSPS) is 17.6. The van der Waals surface area contributed by atoms with E-state index in [0.29, 0.717) is 19.0 Å². The molecule has 0 radical (unpaired) electrons. The van der Waals surface area contributed by atoms with Gasteiger partial charge >= 0.3 is 0 Å². The number of nitrogens with one attached hydrogen (secondary N) is 2. The molecule has 0 bridgehead atoms. The molecule has 1 fully saturated rings. The highest BCUT2D eigenvalue weighted by Crippen LogP contribution is 2.23. The van der Waals surface area contributed by atoms with Crippen molar-refractivity contribution >= 4 is 27.5 Å². The number of carbonyl (C=O) groups excluding carboxylic acids is 2. The Kier molecular flexibility index (Phi) is 12.0. The fraction of sp³-hybridized carbons (Fsp3) is 0.429. The van der Waals surface area contributed by atoms with Crippen LogP contribution in [0.4, 0.5) is 5.69 Å². The molecule has 46 heavy (non-hydrogen) atoms. The molecule has 4 unspecified atom stereocenters. The molecular weight excluding hydrogens is 602 g/mol. The summed E-state index contributed by atoms with van der Waals surface area (Å²) in [6.07, 6.45) is 2.68. The molecule has 0 spiro atoms. The minimum atomic E-state index is -3.69. The third kappa shape index (κ3) is 9.62. The highest BCUT2D eigenvalue weighted by molar-refractivity contribution is 7.92. The molecule has 0 aromatic heterocycles. The monoisotopic (exact) mass is 649 g/mol. The molecule has 3 aromatic rings. The van der Waals surface area contributed by atoms with E-state index in [4.69, 9.17) is 0 Å². The molecule has 1 saturated heterocycles. The van der Waals surface area contributed by atoms with Gasteiger partial charge in [0.25, 0.3) is 11.8 Å². The number of hydrogen-bond donors (Lipinski definition) is 3. The predicted molar refractivity (Wildman–Crippen MR) is 183 cm³/mol. The van der Waals surface area contributed by atoms with Gasteiger partial charge in [-0.2, -0.15) is 0 Å². The van der Waals surface area contributed by atoms with Crippen LogP contribution >= 0.6 is 0 Å². The first-order valence-electron chi connectivity index (χ1n) is 15.7. The maximum atomic E-state index is 13.9. The molecule has 2 amide bonds. The molecule has 11 heteroatoms. The van der Waals surface area contributed by atoms with Gasteiger partial charge in [0.05, 0.1) is 30.1 Å². The molecule has 0 saturated carbocycles. The average Bonchev–Trinajstić information content (AvgIpc) is 3.04. The third-order valence-corrected chi connectivity index (χ3v) is 9.93. The Morgan fingerprint density at radius 2 is 1.54 bits per heavy atom. The van der Waals surface area contributed by atoms with Crippen molar-refractivity contribution in [1.82, 2.24) is 20.4 Å². The number of anilines is 1. The maximum Gasteiger partial charge on any atom is 0.251 e. The number of benzene rings is 3. The van der Waals surface area contributed by atoms with Crippen LogP contribution in [0.15, 0.2) is 78.9 Å². The van der Waals surface area contributed by atoms with Crippen molar-refractivity contribution in [3.63, 3.8) is 0 Å². The van der Waals surface area contributed by atoms with Crippen LogP contribution in [0.25, 0.3) is 0 Å². The summed E-state index contributed by atoms with van der Waals surface area (Å²) >= 11 is 0. The van der Waals surface area contributed by atoms with E-state index in [1.54, 1.807) is 0 Å². The largest absolute Gasteiger partial charge is 0.390 e. The second-order valence-corrected chi connectivity index (χ2v) is 14.5. The number of aliphatic hydroxyl groups is 1. The highest BCUT2D eigenvalue weighted by atomic mass is 32.2. The second kappa shape index (κ2) is 15.7. The average molecular weight is 650 g/mol. The van der Waals surface area contributed by atoms with E-state index >= 15 is 0 Å². The fourth-order valence-electron chi connectivity index (χ4n) is 5.82. The summed E-state index contributed by atoms with van der Waals surface area (Å²) in [7, 11) is 1.78. The van der Waals surface area contributed by atoms with Gasteiger partial charge in [-0.25, -0.2) is 8.42 Å². The van der Waals surface area contributed by atoms with Crippen molar-refractivity contribution in [3.8, 4) is 0 Å². The van der Waals surface area contributed by atoms with Crippen molar-refractivity contribution < 1.29 is 23.1 Å². The van der Waals surface area contributed by atoms with Gasteiger partial charge in [0.1, 0.15) is 0 Å². The number of likely N-dealkylation sites (tertiary alicyclic amines) is 1. The third-order valence-electron chi connectivity index (χ3n) is 8.73. The Balaban J connectivity index is 1.61. The number of rotatable bonds is 13. The zero-order chi connectivity index (χ0) is 33.4. The number of sulfonamides is 1. The van der Waals surface area contributed by atoms with E-state index in [9.17, 15) is 23.1 Å². The van der Waals surface area contributed by atoms with Crippen molar-refractivity contribution in [2.45, 2.75) is 50.4 Å². The maximum absolute atomic E-state index is 13.9. The Bertz CT molecular complexity index is 1570. The lowest BCUT2D eigenvalue weighted by molar-refractivity contribution is 0.0502. The molecular formula is C35H47N5O5S. The number of hydrogen-bond acceptors (Lipinski definition) is 7. The molecule has 10 nitrogen and oxygen atoms in total. The lowest BCUT2D eigenvalue weighted by Gasteiger charge is -2.38. The van der Waals surface area contributed by atoms with E-state index in [0.717, 1.165) is 47.6 Å². The Hall–Kier alpha value is -3.77. The van der Waals surface area contributed by atoms with E-state index < -0.39 is 34.0 Å². The lowest BCUT2D eigenvalue weighted by atomic mass is 9.98. The number of amides is 2. The topological polar surface area (TPSA) is 122 Å². The molecule has 0 aliphatic carbocycles. The van der Waals surface area contributed by atoms with Gasteiger partial charge in [-0.1, -0.05) is 60.7 Å². The van der Waals surface area contributed by atoms with Crippen LogP contribution in [0, 0.1) is 0 Å². The van der Waals surface area contributed by atoms with Gasteiger partial charge in [0.2, 0.25) is 10.0 Å². The van der Waals surface area contributed by atoms with Crippen molar-refractivity contribution in [1.29, 1.82) is 0 Å². The summed E-state index contributed by atoms with van der Waals surface area (Å²) in [5, 5.41) is 17.5. The molecule has 1 heterocycles. The highest BCUT2D eigenvalue weighted by Gasteiger charge is 2.28. The van der Waals surface area contributed by atoms with E-state index in [2.05, 4.69) is 27.5 Å².